The smallest absolute Gasteiger partial charge is 0.343 e. The first-order chi connectivity index (χ1) is 16.0. The van der Waals surface area contributed by atoms with E-state index in [9.17, 15) is 9.90 Å². The lowest BCUT2D eigenvalue weighted by Gasteiger charge is -2.37. The van der Waals surface area contributed by atoms with Crippen molar-refractivity contribution in [3.05, 3.63) is 46.2 Å². The van der Waals surface area contributed by atoms with Crippen LogP contribution < -0.4 is 14.8 Å². The molecule has 1 atom stereocenters. The molecule has 5 heterocycles. The van der Waals surface area contributed by atoms with E-state index in [1.54, 1.807) is 6.92 Å². The second-order valence-electron chi connectivity index (χ2n) is 8.94. The van der Waals surface area contributed by atoms with E-state index >= 15 is 0 Å². The van der Waals surface area contributed by atoms with E-state index in [1.807, 2.05) is 18.2 Å². The fourth-order valence-electron chi connectivity index (χ4n) is 5.35. The van der Waals surface area contributed by atoms with Crippen LogP contribution in [0, 0.1) is 0 Å². The van der Waals surface area contributed by atoms with Crippen LogP contribution in [0.15, 0.2) is 29.4 Å². The lowest BCUT2D eigenvalue weighted by Crippen LogP contribution is -2.47. The number of nitrogens with zero attached hydrogens (tertiary/aromatic N) is 2. The summed E-state index contributed by atoms with van der Waals surface area (Å²) in [5.41, 5.74) is 5.19. The zero-order chi connectivity index (χ0) is 22.7. The summed E-state index contributed by atoms with van der Waals surface area (Å²) in [6.07, 6.45) is 3.09. The van der Waals surface area contributed by atoms with Crippen LogP contribution >= 0.6 is 0 Å². The Morgan fingerprint density at radius 1 is 1.18 bits per heavy atom. The first-order valence-electron chi connectivity index (χ1n) is 11.6. The molecule has 0 radical (unpaired) electrons. The molecule has 0 saturated carbocycles. The van der Waals surface area contributed by atoms with Gasteiger partial charge < -0.3 is 29.5 Å². The predicted octanol–water partition coefficient (Wildman–Crippen LogP) is 2.28. The number of hydrogen-bond donors (Lipinski definition) is 2. The van der Waals surface area contributed by atoms with Gasteiger partial charge in [-0.3, -0.25) is 0 Å². The summed E-state index contributed by atoms with van der Waals surface area (Å²) in [4.78, 5) is 19.7. The lowest BCUT2D eigenvalue weighted by atomic mass is 9.83. The number of cyclic esters (lactones) is 1. The van der Waals surface area contributed by atoms with Gasteiger partial charge in [-0.05, 0) is 49.2 Å². The summed E-state index contributed by atoms with van der Waals surface area (Å²) in [6.45, 7) is 7.47. The van der Waals surface area contributed by atoms with E-state index in [-0.39, 0.29) is 19.8 Å². The van der Waals surface area contributed by atoms with Gasteiger partial charge in [-0.15, -0.1) is 0 Å². The molecule has 0 unspecified atom stereocenters. The molecule has 6 rings (SSSR count). The van der Waals surface area contributed by atoms with Crippen molar-refractivity contribution in [3.8, 4) is 11.5 Å². The van der Waals surface area contributed by atoms with E-state index in [4.69, 9.17) is 19.2 Å². The predicted molar refractivity (Wildman–Crippen MR) is 122 cm³/mol. The largest absolute Gasteiger partial charge is 0.459 e. The van der Waals surface area contributed by atoms with Gasteiger partial charge in [0.2, 0.25) is 6.79 Å². The number of fused-ring (bicyclic) bond motifs is 5. The van der Waals surface area contributed by atoms with Gasteiger partial charge in [0.15, 0.2) is 17.1 Å². The maximum atomic E-state index is 12.4. The van der Waals surface area contributed by atoms with Crippen molar-refractivity contribution in [2.45, 2.75) is 38.8 Å². The molecule has 0 saturated heterocycles. The molecular weight excluding hydrogens is 422 g/mol. The highest BCUT2D eigenvalue weighted by Crippen LogP contribution is 2.45. The molecule has 4 aliphatic heterocycles. The second-order valence-corrected chi connectivity index (χ2v) is 8.94. The zero-order valence-corrected chi connectivity index (χ0v) is 18.9. The van der Waals surface area contributed by atoms with Gasteiger partial charge in [0, 0.05) is 35.7 Å². The number of pyridine rings is 1. The van der Waals surface area contributed by atoms with Crippen LogP contribution in [0.5, 0.6) is 11.5 Å². The van der Waals surface area contributed by atoms with Gasteiger partial charge in [0.1, 0.15) is 6.61 Å². The molecular formula is C25H27N3O5. The van der Waals surface area contributed by atoms with Gasteiger partial charge in [-0.2, -0.15) is 0 Å². The highest BCUT2D eigenvalue weighted by atomic mass is 16.7. The van der Waals surface area contributed by atoms with Crippen LogP contribution in [-0.4, -0.2) is 59.6 Å². The molecule has 4 aliphatic rings. The molecule has 0 amide bonds. The summed E-state index contributed by atoms with van der Waals surface area (Å²) >= 11 is 0. The Bertz CT molecular complexity index is 1250. The number of hydrogen-bond acceptors (Lipinski definition) is 8. The SMILES string of the molecule is CCNCCc1c2c(nc3cc4c(cc13)OCO4)C1=CC3=C(COC(=O)[C@]3(O)CC)CN1C2. The standard InChI is InChI=1S/C25H27N3O5/c1-3-25(30)18-8-20-23-17(11-28(20)10-14(18)12-31-24(25)29)15(5-6-26-4-2)16-7-21-22(33-13-32-21)9-19(16)27-23/h7-9,26,30H,3-6,10-13H2,1-2H3/t25-/m0/s1. The Hall–Kier alpha value is -3.10. The molecule has 0 fully saturated rings. The molecule has 0 aliphatic carbocycles. The summed E-state index contributed by atoms with van der Waals surface area (Å²) in [7, 11) is 0. The van der Waals surface area contributed by atoms with E-state index in [0.29, 0.717) is 17.9 Å². The minimum atomic E-state index is -1.61. The van der Waals surface area contributed by atoms with Crippen molar-refractivity contribution in [2.24, 2.45) is 0 Å². The van der Waals surface area contributed by atoms with Crippen LogP contribution in [0.25, 0.3) is 16.6 Å². The maximum absolute atomic E-state index is 12.4. The molecule has 172 valence electrons. The Labute approximate surface area is 191 Å². The van der Waals surface area contributed by atoms with E-state index in [2.05, 4.69) is 17.1 Å². The van der Waals surface area contributed by atoms with Gasteiger partial charge in [-0.25, -0.2) is 9.78 Å². The maximum Gasteiger partial charge on any atom is 0.343 e. The summed E-state index contributed by atoms with van der Waals surface area (Å²) < 4.78 is 16.6. The normalized spacial score (nSPS) is 22.8. The molecule has 8 nitrogen and oxygen atoms in total. The fraction of sp³-hybridized carbons (Fsp3) is 0.440. The summed E-state index contributed by atoms with van der Waals surface area (Å²) in [5, 5.41) is 15.6. The molecule has 33 heavy (non-hydrogen) atoms. The Balaban J connectivity index is 1.52. The summed E-state index contributed by atoms with van der Waals surface area (Å²) in [6, 6.07) is 4.00. The number of esters is 1. The Morgan fingerprint density at radius 2 is 2.00 bits per heavy atom. The van der Waals surface area contributed by atoms with Crippen LogP contribution in [0.1, 0.15) is 37.1 Å². The number of carbonyl (C=O) groups is 1. The number of carbonyl (C=O) groups excluding carboxylic acids is 1. The first kappa shape index (κ1) is 20.5. The highest BCUT2D eigenvalue weighted by molar-refractivity contribution is 5.92. The highest BCUT2D eigenvalue weighted by Gasteiger charge is 2.47. The minimum Gasteiger partial charge on any atom is -0.459 e. The number of rotatable bonds is 5. The third kappa shape index (κ3) is 2.97. The third-order valence-corrected chi connectivity index (χ3v) is 7.15. The quantitative estimate of drug-likeness (QED) is 0.531. The number of ether oxygens (including phenoxy) is 3. The second kappa shape index (κ2) is 7.46. The molecule has 2 N–H and O–H groups in total. The lowest BCUT2D eigenvalue weighted by molar-refractivity contribution is -0.163. The van der Waals surface area contributed by atoms with E-state index < -0.39 is 11.6 Å². The molecule has 0 bridgehead atoms. The van der Waals surface area contributed by atoms with Crippen molar-refractivity contribution in [1.82, 2.24) is 15.2 Å². The topological polar surface area (TPSA) is 93.2 Å². The number of nitrogens with one attached hydrogen (secondary N) is 1. The van der Waals surface area contributed by atoms with Crippen molar-refractivity contribution >= 4 is 22.6 Å². The zero-order valence-electron chi connectivity index (χ0n) is 18.9. The number of aromatic nitrogens is 1. The molecule has 1 aromatic carbocycles. The first-order valence-corrected chi connectivity index (χ1v) is 11.6. The molecule has 8 heteroatoms. The average molecular weight is 450 g/mol. The van der Waals surface area contributed by atoms with Crippen LogP contribution in [0.3, 0.4) is 0 Å². The number of benzene rings is 1. The van der Waals surface area contributed by atoms with Crippen molar-refractivity contribution in [1.29, 1.82) is 0 Å². The van der Waals surface area contributed by atoms with Crippen molar-refractivity contribution < 1.29 is 24.1 Å². The molecule has 0 spiro atoms. The monoisotopic (exact) mass is 449 g/mol. The average Bonchev–Trinajstić information content (AvgIpc) is 3.42. The van der Waals surface area contributed by atoms with Gasteiger partial charge in [0.05, 0.1) is 16.9 Å². The van der Waals surface area contributed by atoms with E-state index in [1.165, 1.54) is 11.1 Å². The number of aliphatic hydroxyl groups is 1. The molecule has 1 aromatic heterocycles. The van der Waals surface area contributed by atoms with Crippen LogP contribution in [0.2, 0.25) is 0 Å². The molecule has 2 aromatic rings. The third-order valence-electron chi connectivity index (χ3n) is 7.15. The fourth-order valence-corrected chi connectivity index (χ4v) is 5.35. The van der Waals surface area contributed by atoms with Crippen LogP contribution in [0.4, 0.5) is 0 Å². The van der Waals surface area contributed by atoms with Crippen molar-refractivity contribution in [3.63, 3.8) is 0 Å². The Kier molecular flexibility index (Phi) is 4.64. The van der Waals surface area contributed by atoms with E-state index in [0.717, 1.165) is 59.7 Å². The summed E-state index contributed by atoms with van der Waals surface area (Å²) in [5.74, 6) is 0.892. The number of likely N-dealkylation sites (N-methyl/N-ethyl adjacent to an activating group) is 1. The van der Waals surface area contributed by atoms with Gasteiger partial charge in [-0.1, -0.05) is 13.8 Å². The van der Waals surface area contributed by atoms with Gasteiger partial charge >= 0.3 is 5.97 Å². The van der Waals surface area contributed by atoms with Gasteiger partial charge in [0.25, 0.3) is 0 Å². The minimum absolute atomic E-state index is 0.219. The Morgan fingerprint density at radius 3 is 2.79 bits per heavy atom. The van der Waals surface area contributed by atoms with Crippen molar-refractivity contribution in [2.75, 3.05) is 33.0 Å². The van der Waals surface area contributed by atoms with Crippen LogP contribution in [-0.2, 0) is 22.5 Å².